The van der Waals surface area contributed by atoms with E-state index in [0.717, 1.165) is 0 Å². The lowest BCUT2D eigenvalue weighted by Crippen LogP contribution is -2.50. The molecule has 0 saturated heterocycles. The van der Waals surface area contributed by atoms with Gasteiger partial charge in [0.1, 0.15) is 5.78 Å². The maximum atomic E-state index is 13.6. The summed E-state index contributed by atoms with van der Waals surface area (Å²) in [7, 11) is 0. The van der Waals surface area contributed by atoms with E-state index in [-0.39, 0.29) is 13.0 Å². The van der Waals surface area contributed by atoms with Crippen LogP contribution in [0.25, 0.3) is 0 Å². The molecule has 0 spiro atoms. The van der Waals surface area contributed by atoms with Crippen LogP contribution in [0.4, 0.5) is 9.18 Å². The minimum absolute atomic E-state index is 0.0497. The third-order valence-corrected chi connectivity index (χ3v) is 2.76. The number of halogens is 1. The van der Waals surface area contributed by atoms with Crippen LogP contribution in [0.15, 0.2) is 0 Å². The molecular formula is C10H14FNO4. The first-order valence-electron chi connectivity index (χ1n) is 4.93. The molecule has 0 heterocycles. The second kappa shape index (κ2) is 4.19. The third-order valence-electron chi connectivity index (χ3n) is 2.76. The Balaban J connectivity index is 2.77. The topological polar surface area (TPSA) is 83.5 Å². The Kier molecular flexibility index (Phi) is 3.30. The molecule has 1 aliphatic carbocycles. The minimum Gasteiger partial charge on any atom is -0.465 e. The van der Waals surface area contributed by atoms with E-state index < -0.39 is 35.2 Å². The number of hydrogen-bond acceptors (Lipinski definition) is 3. The Morgan fingerprint density at radius 3 is 2.62 bits per heavy atom. The fraction of sp³-hybridized carbons (Fsp3) is 0.700. The zero-order chi connectivity index (χ0) is 12.5. The summed E-state index contributed by atoms with van der Waals surface area (Å²) in [6, 6.07) is 0. The molecule has 5 nitrogen and oxygen atoms in total. The van der Waals surface area contributed by atoms with Crippen LogP contribution in [0.2, 0.25) is 0 Å². The highest BCUT2D eigenvalue weighted by Gasteiger charge is 2.48. The van der Waals surface area contributed by atoms with E-state index in [0.29, 0.717) is 0 Å². The van der Waals surface area contributed by atoms with Crippen molar-refractivity contribution in [3.8, 4) is 0 Å². The van der Waals surface area contributed by atoms with E-state index >= 15 is 0 Å². The first-order chi connectivity index (χ1) is 7.25. The number of Topliss-reactive ketones (excluding diaryl/α,β-unsaturated/α-hetero) is 2. The number of rotatable bonds is 2. The van der Waals surface area contributed by atoms with E-state index in [1.165, 1.54) is 13.8 Å². The maximum Gasteiger partial charge on any atom is 0.404 e. The summed E-state index contributed by atoms with van der Waals surface area (Å²) >= 11 is 0. The lowest BCUT2D eigenvalue weighted by molar-refractivity contribution is -0.145. The quantitative estimate of drug-likeness (QED) is 0.688. The molecule has 0 aromatic heterocycles. The van der Waals surface area contributed by atoms with Crippen molar-refractivity contribution in [1.82, 2.24) is 5.32 Å². The van der Waals surface area contributed by atoms with Crippen LogP contribution in [0, 0.1) is 11.3 Å². The van der Waals surface area contributed by atoms with Gasteiger partial charge in [-0.1, -0.05) is 13.8 Å². The summed E-state index contributed by atoms with van der Waals surface area (Å²) in [4.78, 5) is 33.3. The molecule has 90 valence electrons. The summed E-state index contributed by atoms with van der Waals surface area (Å²) < 4.78 is 13.6. The molecule has 1 amide bonds. The van der Waals surface area contributed by atoms with Crippen molar-refractivity contribution in [2.75, 3.05) is 6.54 Å². The fourth-order valence-electron chi connectivity index (χ4n) is 1.79. The van der Waals surface area contributed by atoms with Gasteiger partial charge in [-0.2, -0.15) is 0 Å². The van der Waals surface area contributed by atoms with Gasteiger partial charge in [0.2, 0.25) is 0 Å². The SMILES string of the molecule is CC1(C)CC(=O)C(CNC(=O)O)C(=O)C1F. The number of carbonyl (C=O) groups excluding carboxylic acids is 2. The maximum absolute atomic E-state index is 13.6. The van der Waals surface area contributed by atoms with Crippen LogP contribution < -0.4 is 5.32 Å². The van der Waals surface area contributed by atoms with Gasteiger partial charge < -0.3 is 10.4 Å². The lowest BCUT2D eigenvalue weighted by atomic mass is 9.70. The second-order valence-electron chi connectivity index (χ2n) is 4.64. The van der Waals surface area contributed by atoms with Gasteiger partial charge >= 0.3 is 6.09 Å². The zero-order valence-electron chi connectivity index (χ0n) is 9.12. The minimum atomic E-state index is -1.72. The molecule has 1 fully saturated rings. The van der Waals surface area contributed by atoms with Gasteiger partial charge in [0.25, 0.3) is 0 Å². The highest BCUT2D eigenvalue weighted by molar-refractivity contribution is 6.07. The van der Waals surface area contributed by atoms with E-state index in [1.807, 2.05) is 5.32 Å². The summed E-state index contributed by atoms with van der Waals surface area (Å²) in [5, 5.41) is 10.3. The molecule has 0 aliphatic heterocycles. The molecule has 1 saturated carbocycles. The Hall–Kier alpha value is -1.46. The van der Waals surface area contributed by atoms with Gasteiger partial charge in [-0.3, -0.25) is 9.59 Å². The van der Waals surface area contributed by atoms with Gasteiger partial charge in [0, 0.05) is 18.4 Å². The summed E-state index contributed by atoms with van der Waals surface area (Å²) in [6.07, 6.45) is -3.10. The normalized spacial score (nSPS) is 28.9. The predicted octanol–water partition coefficient (Wildman–Crippen LogP) is 0.776. The van der Waals surface area contributed by atoms with Crippen LogP contribution in [0.3, 0.4) is 0 Å². The third kappa shape index (κ3) is 2.37. The Morgan fingerprint density at radius 2 is 2.12 bits per heavy atom. The van der Waals surface area contributed by atoms with Gasteiger partial charge in [-0.25, -0.2) is 9.18 Å². The summed E-state index contributed by atoms with van der Waals surface area (Å²) in [5.41, 5.74) is -0.992. The van der Waals surface area contributed by atoms with E-state index in [4.69, 9.17) is 5.11 Å². The molecule has 0 radical (unpaired) electrons. The van der Waals surface area contributed by atoms with Crippen molar-refractivity contribution in [2.24, 2.45) is 11.3 Å². The molecule has 2 N–H and O–H groups in total. The van der Waals surface area contributed by atoms with Gasteiger partial charge in [0.05, 0.1) is 5.92 Å². The van der Waals surface area contributed by atoms with Crippen LogP contribution in [-0.4, -0.2) is 35.5 Å². The number of amides is 1. The average Bonchev–Trinajstić information content (AvgIpc) is 2.13. The van der Waals surface area contributed by atoms with Crippen LogP contribution in [0.5, 0.6) is 0 Å². The smallest absolute Gasteiger partial charge is 0.404 e. The van der Waals surface area contributed by atoms with Crippen LogP contribution >= 0.6 is 0 Å². The monoisotopic (exact) mass is 231 g/mol. The lowest BCUT2D eigenvalue weighted by Gasteiger charge is -2.35. The molecule has 1 aliphatic rings. The number of hydrogen-bond donors (Lipinski definition) is 2. The average molecular weight is 231 g/mol. The number of carbonyl (C=O) groups is 3. The first-order valence-corrected chi connectivity index (χ1v) is 4.93. The highest BCUT2D eigenvalue weighted by Crippen LogP contribution is 2.36. The summed E-state index contributed by atoms with van der Waals surface area (Å²) in [5.74, 6) is -2.41. The highest BCUT2D eigenvalue weighted by atomic mass is 19.1. The number of ketones is 2. The molecule has 1 rings (SSSR count). The van der Waals surface area contributed by atoms with Crippen molar-refractivity contribution in [2.45, 2.75) is 26.4 Å². The molecule has 6 heteroatoms. The number of carboxylic acid groups (broad SMARTS) is 1. The van der Waals surface area contributed by atoms with Crippen molar-refractivity contribution in [3.05, 3.63) is 0 Å². The van der Waals surface area contributed by atoms with Crippen LogP contribution in [0.1, 0.15) is 20.3 Å². The second-order valence-corrected chi connectivity index (χ2v) is 4.64. The van der Waals surface area contributed by atoms with Crippen molar-refractivity contribution >= 4 is 17.7 Å². The zero-order valence-corrected chi connectivity index (χ0v) is 9.12. The van der Waals surface area contributed by atoms with Crippen LogP contribution in [-0.2, 0) is 9.59 Å². The van der Waals surface area contributed by atoms with Gasteiger partial charge in [-0.05, 0) is 0 Å². The first kappa shape index (κ1) is 12.6. The fourth-order valence-corrected chi connectivity index (χ4v) is 1.79. The largest absolute Gasteiger partial charge is 0.465 e. The van der Waals surface area contributed by atoms with Gasteiger partial charge in [-0.15, -0.1) is 0 Å². The Morgan fingerprint density at radius 1 is 1.56 bits per heavy atom. The number of nitrogens with one attached hydrogen (secondary N) is 1. The molecule has 16 heavy (non-hydrogen) atoms. The standard InChI is InChI=1S/C10H14FNO4/c1-10(2)3-6(13)5(4-12-9(15)16)7(14)8(10)11/h5,8,12H,3-4H2,1-2H3,(H,15,16). The Labute approximate surface area is 92.0 Å². The van der Waals surface area contributed by atoms with Crippen molar-refractivity contribution < 1.29 is 23.9 Å². The van der Waals surface area contributed by atoms with E-state index in [9.17, 15) is 18.8 Å². The Bertz CT molecular complexity index is 340. The van der Waals surface area contributed by atoms with Crippen molar-refractivity contribution in [1.29, 1.82) is 0 Å². The molecule has 2 atom stereocenters. The van der Waals surface area contributed by atoms with Gasteiger partial charge in [0.15, 0.2) is 12.0 Å². The van der Waals surface area contributed by atoms with E-state index in [1.54, 1.807) is 0 Å². The number of alkyl halides is 1. The molecule has 0 bridgehead atoms. The molecule has 0 aromatic rings. The van der Waals surface area contributed by atoms with E-state index in [2.05, 4.69) is 0 Å². The predicted molar refractivity (Wildman–Crippen MR) is 52.8 cm³/mol. The summed E-state index contributed by atoms with van der Waals surface area (Å²) in [6.45, 7) is 2.67. The molecule has 2 unspecified atom stereocenters. The molecular weight excluding hydrogens is 217 g/mol. The molecule has 0 aromatic carbocycles. The van der Waals surface area contributed by atoms with Crippen molar-refractivity contribution in [3.63, 3.8) is 0 Å².